The smallest absolute Gasteiger partial charge is 0.151 e. The van der Waals surface area contributed by atoms with Crippen LogP contribution < -0.4 is 5.32 Å². The normalized spacial score (nSPS) is 18.5. The molecule has 0 atom stereocenters. The van der Waals surface area contributed by atoms with Crippen molar-refractivity contribution in [2.45, 2.75) is 45.8 Å². The molecule has 19 heavy (non-hydrogen) atoms. The van der Waals surface area contributed by atoms with E-state index in [1.54, 1.807) is 0 Å². The molecule has 1 aliphatic rings. The first-order valence-corrected chi connectivity index (χ1v) is 8.18. The number of thioether (sulfide) groups is 1. The van der Waals surface area contributed by atoms with Crippen LogP contribution in [-0.2, 0) is 13.1 Å². The molecule has 5 heteroatoms. The zero-order chi connectivity index (χ0) is 13.7. The van der Waals surface area contributed by atoms with E-state index in [2.05, 4.69) is 42.2 Å². The summed E-state index contributed by atoms with van der Waals surface area (Å²) in [4.78, 5) is 2.46. The fourth-order valence-electron chi connectivity index (χ4n) is 2.05. The summed E-state index contributed by atoms with van der Waals surface area (Å²) in [5.74, 6) is 3.50. The van der Waals surface area contributed by atoms with Gasteiger partial charge in [0.2, 0.25) is 0 Å². The molecule has 1 aliphatic heterocycles. The lowest BCUT2D eigenvalue weighted by molar-refractivity contribution is 0.245. The average Bonchev–Trinajstić information content (AvgIpc) is 2.61. The van der Waals surface area contributed by atoms with E-state index in [9.17, 15) is 0 Å². The Labute approximate surface area is 120 Å². The second-order valence-electron chi connectivity index (χ2n) is 6.13. The van der Waals surface area contributed by atoms with E-state index in [-0.39, 0.29) is 5.54 Å². The molecule has 0 amide bonds. The van der Waals surface area contributed by atoms with E-state index in [4.69, 9.17) is 4.52 Å². The highest BCUT2D eigenvalue weighted by Gasteiger charge is 2.14. The third-order valence-corrected chi connectivity index (χ3v) is 4.15. The Morgan fingerprint density at radius 1 is 1.37 bits per heavy atom. The molecule has 2 rings (SSSR count). The Bertz CT molecular complexity index is 378. The summed E-state index contributed by atoms with van der Waals surface area (Å²) < 4.78 is 5.43. The second-order valence-corrected chi connectivity index (χ2v) is 7.35. The van der Waals surface area contributed by atoms with E-state index in [0.29, 0.717) is 0 Å². The Balaban J connectivity index is 1.82. The van der Waals surface area contributed by atoms with Crippen LogP contribution in [0.25, 0.3) is 0 Å². The van der Waals surface area contributed by atoms with Crippen LogP contribution in [0.1, 0.15) is 38.6 Å². The SMILES string of the molecule is CC(C)(C)NCc1cc(CN2CCCSCC2)on1. The molecule has 1 saturated heterocycles. The van der Waals surface area contributed by atoms with Gasteiger partial charge in [-0.05, 0) is 39.5 Å². The van der Waals surface area contributed by atoms with E-state index in [0.717, 1.165) is 31.1 Å². The van der Waals surface area contributed by atoms with Crippen LogP contribution >= 0.6 is 11.8 Å². The van der Waals surface area contributed by atoms with Crippen molar-refractivity contribution >= 4 is 11.8 Å². The highest BCUT2D eigenvalue weighted by atomic mass is 32.2. The highest BCUT2D eigenvalue weighted by Crippen LogP contribution is 2.14. The van der Waals surface area contributed by atoms with Gasteiger partial charge in [0.1, 0.15) is 0 Å². The van der Waals surface area contributed by atoms with E-state index in [1.807, 2.05) is 11.8 Å². The molecule has 2 heterocycles. The number of hydrogen-bond donors (Lipinski definition) is 1. The van der Waals surface area contributed by atoms with Crippen LogP contribution in [0.5, 0.6) is 0 Å². The van der Waals surface area contributed by atoms with E-state index < -0.39 is 0 Å². The molecule has 1 aromatic rings. The number of aromatic nitrogens is 1. The summed E-state index contributed by atoms with van der Waals surface area (Å²) in [6.45, 7) is 10.4. The summed E-state index contributed by atoms with van der Waals surface area (Å²) in [5, 5.41) is 7.56. The van der Waals surface area contributed by atoms with Crippen LogP contribution in [0.15, 0.2) is 10.6 Å². The zero-order valence-corrected chi connectivity index (χ0v) is 13.1. The Morgan fingerprint density at radius 3 is 3.00 bits per heavy atom. The molecule has 0 aliphatic carbocycles. The summed E-state index contributed by atoms with van der Waals surface area (Å²) >= 11 is 2.05. The maximum absolute atomic E-state index is 5.43. The highest BCUT2D eigenvalue weighted by molar-refractivity contribution is 7.99. The third-order valence-electron chi connectivity index (χ3n) is 3.10. The first kappa shape index (κ1) is 14.9. The largest absolute Gasteiger partial charge is 0.360 e. The van der Waals surface area contributed by atoms with Crippen LogP contribution in [0.4, 0.5) is 0 Å². The van der Waals surface area contributed by atoms with Gasteiger partial charge in [0.05, 0.1) is 12.2 Å². The van der Waals surface area contributed by atoms with Crippen LogP contribution in [-0.4, -0.2) is 40.2 Å². The quantitative estimate of drug-likeness (QED) is 0.919. The van der Waals surface area contributed by atoms with Crippen molar-refractivity contribution in [3.63, 3.8) is 0 Å². The molecular formula is C14H25N3OS. The van der Waals surface area contributed by atoms with Gasteiger partial charge in [0, 0.05) is 30.4 Å². The number of hydrogen-bond acceptors (Lipinski definition) is 5. The Kier molecular flexibility index (Phi) is 5.30. The molecule has 0 radical (unpaired) electrons. The molecule has 0 unspecified atom stereocenters. The summed E-state index contributed by atoms with van der Waals surface area (Å²) in [6.07, 6.45) is 1.28. The first-order chi connectivity index (χ1) is 9.03. The second kappa shape index (κ2) is 6.77. The van der Waals surface area contributed by atoms with E-state index in [1.165, 1.54) is 24.5 Å². The summed E-state index contributed by atoms with van der Waals surface area (Å²) in [5.41, 5.74) is 1.11. The van der Waals surface area contributed by atoms with Crippen molar-refractivity contribution in [1.82, 2.24) is 15.4 Å². The van der Waals surface area contributed by atoms with Gasteiger partial charge in [-0.3, -0.25) is 4.90 Å². The molecule has 0 bridgehead atoms. The minimum Gasteiger partial charge on any atom is -0.360 e. The van der Waals surface area contributed by atoms with Crippen molar-refractivity contribution < 1.29 is 4.52 Å². The molecule has 0 spiro atoms. The molecule has 1 aromatic heterocycles. The van der Waals surface area contributed by atoms with Gasteiger partial charge >= 0.3 is 0 Å². The molecule has 0 aromatic carbocycles. The van der Waals surface area contributed by atoms with Crippen LogP contribution in [0.3, 0.4) is 0 Å². The topological polar surface area (TPSA) is 41.3 Å². The van der Waals surface area contributed by atoms with Gasteiger partial charge in [0.15, 0.2) is 5.76 Å². The summed E-state index contributed by atoms with van der Waals surface area (Å²) in [7, 11) is 0. The van der Waals surface area contributed by atoms with Crippen molar-refractivity contribution in [2.75, 3.05) is 24.6 Å². The molecule has 4 nitrogen and oxygen atoms in total. The van der Waals surface area contributed by atoms with Crippen molar-refractivity contribution in [3.05, 3.63) is 17.5 Å². The fourth-order valence-corrected chi connectivity index (χ4v) is 2.97. The predicted octanol–water partition coefficient (Wildman–Crippen LogP) is 2.50. The monoisotopic (exact) mass is 283 g/mol. The lowest BCUT2D eigenvalue weighted by Gasteiger charge is -2.19. The maximum atomic E-state index is 5.43. The minimum atomic E-state index is 0.112. The standard InChI is InChI=1S/C14H25N3OS/c1-14(2,3)15-10-12-9-13(18-16-12)11-17-5-4-7-19-8-6-17/h9,15H,4-8,10-11H2,1-3H3. The van der Waals surface area contributed by atoms with Gasteiger partial charge < -0.3 is 9.84 Å². The summed E-state index contributed by atoms with van der Waals surface area (Å²) in [6, 6.07) is 2.08. The molecule has 108 valence electrons. The fraction of sp³-hybridized carbons (Fsp3) is 0.786. The predicted molar refractivity (Wildman–Crippen MR) is 80.3 cm³/mol. The number of nitrogens with zero attached hydrogens (tertiary/aromatic N) is 2. The number of rotatable bonds is 4. The first-order valence-electron chi connectivity index (χ1n) is 7.02. The van der Waals surface area contributed by atoms with Crippen molar-refractivity contribution in [1.29, 1.82) is 0 Å². The molecule has 0 saturated carbocycles. The van der Waals surface area contributed by atoms with Gasteiger partial charge in [-0.25, -0.2) is 0 Å². The average molecular weight is 283 g/mol. The molecule has 1 fully saturated rings. The third kappa shape index (κ3) is 5.55. The van der Waals surface area contributed by atoms with Gasteiger partial charge in [-0.1, -0.05) is 5.16 Å². The van der Waals surface area contributed by atoms with Crippen LogP contribution in [0.2, 0.25) is 0 Å². The maximum Gasteiger partial charge on any atom is 0.151 e. The van der Waals surface area contributed by atoms with Crippen molar-refractivity contribution in [2.24, 2.45) is 0 Å². The van der Waals surface area contributed by atoms with Crippen LogP contribution in [0, 0.1) is 0 Å². The van der Waals surface area contributed by atoms with Gasteiger partial charge in [-0.2, -0.15) is 11.8 Å². The lowest BCUT2D eigenvalue weighted by atomic mass is 10.1. The van der Waals surface area contributed by atoms with E-state index >= 15 is 0 Å². The molecule has 1 N–H and O–H groups in total. The zero-order valence-electron chi connectivity index (χ0n) is 12.2. The Hall–Kier alpha value is -0.520. The van der Waals surface area contributed by atoms with Gasteiger partial charge in [0.25, 0.3) is 0 Å². The number of nitrogens with one attached hydrogen (secondary N) is 1. The Morgan fingerprint density at radius 2 is 2.21 bits per heavy atom. The minimum absolute atomic E-state index is 0.112. The van der Waals surface area contributed by atoms with Gasteiger partial charge in [-0.15, -0.1) is 0 Å². The van der Waals surface area contributed by atoms with Crippen molar-refractivity contribution in [3.8, 4) is 0 Å². The lowest BCUT2D eigenvalue weighted by Crippen LogP contribution is -2.35. The molecular weight excluding hydrogens is 258 g/mol.